The molecule has 0 amide bonds. The molecule has 1 unspecified atom stereocenters. The second-order valence-electron chi connectivity index (χ2n) is 4.97. The number of ether oxygens (including phenoxy) is 1. The molecule has 1 rings (SSSR count). The summed E-state index contributed by atoms with van der Waals surface area (Å²) in [7, 11) is 0. The van der Waals surface area contributed by atoms with Gasteiger partial charge >= 0.3 is 5.97 Å². The van der Waals surface area contributed by atoms with Crippen molar-refractivity contribution < 1.29 is 13.9 Å². The number of aryl methyl sites for hydroxylation is 1. The molecule has 0 aliphatic carbocycles. The lowest BCUT2D eigenvalue weighted by atomic mass is 9.94. The van der Waals surface area contributed by atoms with Crippen LogP contribution < -0.4 is 5.32 Å². The molecule has 0 saturated carbocycles. The van der Waals surface area contributed by atoms with Crippen molar-refractivity contribution in [3.63, 3.8) is 0 Å². The maximum absolute atomic E-state index is 13.4. The van der Waals surface area contributed by atoms with Crippen LogP contribution in [0.5, 0.6) is 0 Å². The van der Waals surface area contributed by atoms with E-state index in [-0.39, 0.29) is 17.7 Å². The fraction of sp³-hybridized carbons (Fsp3) is 0.562. The molecule has 0 aliphatic rings. The van der Waals surface area contributed by atoms with Crippen LogP contribution in [0.4, 0.5) is 10.1 Å². The highest BCUT2D eigenvalue weighted by atomic mass is 19.1. The molecule has 0 bridgehead atoms. The van der Waals surface area contributed by atoms with Crippen LogP contribution in [-0.2, 0) is 9.53 Å². The van der Waals surface area contributed by atoms with Gasteiger partial charge in [-0.15, -0.1) is 0 Å². The number of carbonyl (C=O) groups excluding carboxylic acids is 1. The third kappa shape index (κ3) is 4.51. The van der Waals surface area contributed by atoms with E-state index in [1.165, 1.54) is 12.1 Å². The van der Waals surface area contributed by atoms with Gasteiger partial charge in [0.05, 0.1) is 6.61 Å². The van der Waals surface area contributed by atoms with E-state index in [1.54, 1.807) is 6.92 Å². The number of rotatable bonds is 7. The van der Waals surface area contributed by atoms with Gasteiger partial charge in [-0.25, -0.2) is 9.18 Å². The van der Waals surface area contributed by atoms with Gasteiger partial charge in [0.25, 0.3) is 0 Å². The third-order valence-corrected chi connectivity index (χ3v) is 3.42. The number of benzene rings is 1. The second kappa shape index (κ2) is 7.88. The number of nitrogens with one attached hydrogen (secondary N) is 1. The van der Waals surface area contributed by atoms with Gasteiger partial charge in [0, 0.05) is 5.69 Å². The van der Waals surface area contributed by atoms with Gasteiger partial charge in [0.2, 0.25) is 0 Å². The van der Waals surface area contributed by atoms with Crippen molar-refractivity contribution in [2.75, 3.05) is 11.9 Å². The molecule has 4 heteroatoms. The van der Waals surface area contributed by atoms with Gasteiger partial charge in [-0.2, -0.15) is 0 Å². The van der Waals surface area contributed by atoms with Crippen LogP contribution in [0.25, 0.3) is 0 Å². The Morgan fingerprint density at radius 3 is 2.40 bits per heavy atom. The Balaban J connectivity index is 2.95. The predicted molar refractivity (Wildman–Crippen MR) is 79.3 cm³/mol. The fourth-order valence-corrected chi connectivity index (χ4v) is 2.36. The number of hydrogen-bond acceptors (Lipinski definition) is 3. The molecular weight excluding hydrogens is 257 g/mol. The normalized spacial score (nSPS) is 12.3. The minimum Gasteiger partial charge on any atom is -0.464 e. The zero-order valence-corrected chi connectivity index (χ0v) is 12.7. The molecular formula is C16H24FNO2. The van der Waals surface area contributed by atoms with Crippen LogP contribution in [0.2, 0.25) is 0 Å². The van der Waals surface area contributed by atoms with Crippen molar-refractivity contribution >= 4 is 11.7 Å². The summed E-state index contributed by atoms with van der Waals surface area (Å²) in [6.45, 7) is 8.04. The molecule has 0 spiro atoms. The molecule has 0 fully saturated rings. The molecule has 1 aromatic carbocycles. The monoisotopic (exact) mass is 281 g/mol. The van der Waals surface area contributed by atoms with E-state index in [0.29, 0.717) is 12.3 Å². The molecule has 20 heavy (non-hydrogen) atoms. The van der Waals surface area contributed by atoms with E-state index in [4.69, 9.17) is 4.74 Å². The molecule has 0 saturated heterocycles. The number of hydrogen-bond donors (Lipinski definition) is 1. The van der Waals surface area contributed by atoms with Gasteiger partial charge in [0.15, 0.2) is 0 Å². The minimum absolute atomic E-state index is 0.164. The minimum atomic E-state index is -0.439. The van der Waals surface area contributed by atoms with Crippen LogP contribution in [0.3, 0.4) is 0 Å². The molecule has 0 aliphatic heterocycles. The van der Waals surface area contributed by atoms with Crippen molar-refractivity contribution in [2.45, 2.75) is 46.6 Å². The van der Waals surface area contributed by atoms with E-state index in [2.05, 4.69) is 5.32 Å². The first-order chi connectivity index (χ1) is 9.51. The van der Waals surface area contributed by atoms with Crippen LogP contribution >= 0.6 is 0 Å². The zero-order valence-electron chi connectivity index (χ0n) is 12.7. The lowest BCUT2D eigenvalue weighted by Gasteiger charge is -2.25. The van der Waals surface area contributed by atoms with Crippen molar-refractivity contribution in [1.29, 1.82) is 0 Å². The van der Waals surface area contributed by atoms with E-state index in [0.717, 1.165) is 18.4 Å². The van der Waals surface area contributed by atoms with Crippen LogP contribution in [0.1, 0.15) is 39.2 Å². The van der Waals surface area contributed by atoms with Gasteiger partial charge in [-0.05, 0) is 43.5 Å². The maximum Gasteiger partial charge on any atom is 0.328 e. The SMILES string of the molecule is CCOC(=O)C(Nc1cc(C)cc(F)c1)C(CC)CC. The second-order valence-corrected chi connectivity index (χ2v) is 4.97. The summed E-state index contributed by atoms with van der Waals surface area (Å²) in [5.74, 6) is -0.416. The quantitative estimate of drug-likeness (QED) is 0.770. The summed E-state index contributed by atoms with van der Waals surface area (Å²) in [5.41, 5.74) is 1.44. The largest absolute Gasteiger partial charge is 0.464 e. The van der Waals surface area contributed by atoms with Gasteiger partial charge in [0.1, 0.15) is 11.9 Å². The number of esters is 1. The third-order valence-electron chi connectivity index (χ3n) is 3.42. The summed E-state index contributed by atoms with van der Waals surface area (Å²) >= 11 is 0. The average molecular weight is 281 g/mol. The topological polar surface area (TPSA) is 38.3 Å². The summed E-state index contributed by atoms with van der Waals surface area (Å²) < 4.78 is 18.6. The molecule has 1 aromatic rings. The van der Waals surface area contributed by atoms with E-state index < -0.39 is 6.04 Å². The van der Waals surface area contributed by atoms with Crippen molar-refractivity contribution in [3.05, 3.63) is 29.6 Å². The highest BCUT2D eigenvalue weighted by Gasteiger charge is 2.27. The Labute approximate surface area is 120 Å². The lowest BCUT2D eigenvalue weighted by Crippen LogP contribution is -2.38. The highest BCUT2D eigenvalue weighted by molar-refractivity contribution is 5.79. The molecule has 0 aromatic heterocycles. The molecule has 1 N–H and O–H groups in total. The van der Waals surface area contributed by atoms with Crippen molar-refractivity contribution in [2.24, 2.45) is 5.92 Å². The standard InChI is InChI=1S/C16H24FNO2/c1-5-12(6-2)15(16(19)20-7-3)18-14-9-11(4)8-13(17)10-14/h8-10,12,15,18H,5-7H2,1-4H3. The first-order valence-corrected chi connectivity index (χ1v) is 7.22. The Hall–Kier alpha value is -1.58. The van der Waals surface area contributed by atoms with E-state index in [1.807, 2.05) is 26.8 Å². The average Bonchev–Trinajstić information content (AvgIpc) is 2.38. The highest BCUT2D eigenvalue weighted by Crippen LogP contribution is 2.21. The van der Waals surface area contributed by atoms with E-state index >= 15 is 0 Å². The Bertz CT molecular complexity index is 424. The number of halogens is 1. The molecule has 0 heterocycles. The number of carbonyl (C=O) groups is 1. The van der Waals surface area contributed by atoms with Gasteiger partial charge in [-0.1, -0.05) is 26.7 Å². The predicted octanol–water partition coefficient (Wildman–Crippen LogP) is 3.91. The summed E-state index contributed by atoms with van der Waals surface area (Å²) in [6.07, 6.45) is 1.72. The Kier molecular flexibility index (Phi) is 6.49. The van der Waals surface area contributed by atoms with E-state index in [9.17, 15) is 9.18 Å². The smallest absolute Gasteiger partial charge is 0.328 e. The van der Waals surface area contributed by atoms with Crippen LogP contribution in [-0.4, -0.2) is 18.6 Å². The molecule has 3 nitrogen and oxygen atoms in total. The summed E-state index contributed by atoms with van der Waals surface area (Å²) in [4.78, 5) is 12.1. The zero-order chi connectivity index (χ0) is 15.1. The fourth-order valence-electron chi connectivity index (χ4n) is 2.36. The van der Waals surface area contributed by atoms with Gasteiger partial charge < -0.3 is 10.1 Å². The molecule has 112 valence electrons. The van der Waals surface area contributed by atoms with Crippen LogP contribution in [0, 0.1) is 18.7 Å². The molecule has 1 atom stereocenters. The summed E-state index contributed by atoms with van der Waals surface area (Å²) in [5, 5.41) is 3.13. The van der Waals surface area contributed by atoms with Crippen molar-refractivity contribution in [3.8, 4) is 0 Å². The lowest BCUT2D eigenvalue weighted by molar-refractivity contribution is -0.145. The van der Waals surface area contributed by atoms with Gasteiger partial charge in [-0.3, -0.25) is 0 Å². The Morgan fingerprint density at radius 2 is 1.90 bits per heavy atom. The summed E-state index contributed by atoms with van der Waals surface area (Å²) in [6, 6.07) is 4.26. The first kappa shape index (κ1) is 16.5. The molecule has 0 radical (unpaired) electrons. The van der Waals surface area contributed by atoms with Crippen molar-refractivity contribution in [1.82, 2.24) is 0 Å². The number of anilines is 1. The van der Waals surface area contributed by atoms with Crippen LogP contribution in [0.15, 0.2) is 18.2 Å². The first-order valence-electron chi connectivity index (χ1n) is 7.22. The maximum atomic E-state index is 13.4. The Morgan fingerprint density at radius 1 is 1.25 bits per heavy atom.